The van der Waals surface area contributed by atoms with E-state index < -0.39 is 0 Å². The third kappa shape index (κ3) is 2.43. The van der Waals surface area contributed by atoms with Crippen LogP contribution in [0.2, 0.25) is 0 Å². The summed E-state index contributed by atoms with van der Waals surface area (Å²) in [5, 5.41) is 10.9. The summed E-state index contributed by atoms with van der Waals surface area (Å²) in [6.45, 7) is 0.770. The van der Waals surface area contributed by atoms with E-state index in [0.29, 0.717) is 0 Å². The molecule has 0 saturated heterocycles. The summed E-state index contributed by atoms with van der Waals surface area (Å²) in [5.74, 6) is 0. The fourth-order valence-electron chi connectivity index (χ4n) is 2.13. The number of thiophene rings is 1. The van der Waals surface area contributed by atoms with Gasteiger partial charge in [-0.25, -0.2) is 9.50 Å². The molecule has 0 aliphatic carbocycles. The van der Waals surface area contributed by atoms with Gasteiger partial charge in [-0.2, -0.15) is 0 Å². The molecule has 1 N–H and O–H groups in total. The highest BCUT2D eigenvalue weighted by Gasteiger charge is 2.11. The summed E-state index contributed by atoms with van der Waals surface area (Å²) in [7, 11) is 0. The first-order valence-corrected chi connectivity index (χ1v) is 8.26. The number of nitrogens with zero attached hydrogens (tertiary/aromatic N) is 3. The number of nitrogens with one attached hydrogen (secondary N) is 1. The SMILES string of the molecule is c1ccc(CNc2nn3c(-c4cccs4)cnc3s2)cc1. The van der Waals surface area contributed by atoms with Crippen LogP contribution in [0.3, 0.4) is 0 Å². The lowest BCUT2D eigenvalue weighted by Gasteiger charge is -2.01. The summed E-state index contributed by atoms with van der Waals surface area (Å²) >= 11 is 3.27. The van der Waals surface area contributed by atoms with Crippen LogP contribution in [0.1, 0.15) is 5.56 Å². The fourth-order valence-corrected chi connectivity index (χ4v) is 3.62. The summed E-state index contributed by atoms with van der Waals surface area (Å²) in [6, 6.07) is 14.4. The predicted molar refractivity (Wildman–Crippen MR) is 87.9 cm³/mol. The Morgan fingerprint density at radius 1 is 1.10 bits per heavy atom. The van der Waals surface area contributed by atoms with Crippen LogP contribution in [0.25, 0.3) is 15.5 Å². The number of anilines is 1. The van der Waals surface area contributed by atoms with Crippen LogP contribution in [0.4, 0.5) is 5.13 Å². The van der Waals surface area contributed by atoms with Crippen molar-refractivity contribution in [2.75, 3.05) is 5.32 Å². The zero-order valence-electron chi connectivity index (χ0n) is 11.1. The van der Waals surface area contributed by atoms with Crippen molar-refractivity contribution in [1.82, 2.24) is 14.6 Å². The molecule has 4 nitrogen and oxygen atoms in total. The Labute approximate surface area is 129 Å². The number of aromatic nitrogens is 3. The molecule has 0 unspecified atom stereocenters. The molecule has 4 aromatic rings. The van der Waals surface area contributed by atoms with Crippen LogP contribution in [-0.2, 0) is 6.54 Å². The molecule has 0 amide bonds. The molecule has 104 valence electrons. The number of hydrogen-bond acceptors (Lipinski definition) is 5. The van der Waals surface area contributed by atoms with E-state index in [0.717, 1.165) is 22.3 Å². The molecule has 3 heterocycles. The quantitative estimate of drug-likeness (QED) is 0.616. The Morgan fingerprint density at radius 3 is 2.81 bits per heavy atom. The standard InChI is InChI=1S/C15H12N4S2/c1-2-5-11(6-3-1)9-16-14-18-19-12(10-17-15(19)21-14)13-7-4-8-20-13/h1-8,10H,9H2,(H,16,18). The molecule has 0 aliphatic rings. The second kappa shape index (κ2) is 5.31. The minimum atomic E-state index is 0.770. The normalized spacial score (nSPS) is 11.0. The number of imidazole rings is 1. The smallest absolute Gasteiger partial charge is 0.214 e. The van der Waals surface area contributed by atoms with Gasteiger partial charge < -0.3 is 5.32 Å². The number of benzene rings is 1. The molecular formula is C15H12N4S2. The predicted octanol–water partition coefficient (Wildman–Crippen LogP) is 4.13. The van der Waals surface area contributed by atoms with E-state index in [1.807, 2.05) is 35.0 Å². The molecule has 0 atom stereocenters. The molecule has 3 aromatic heterocycles. The van der Waals surface area contributed by atoms with E-state index >= 15 is 0 Å². The molecule has 0 fully saturated rings. The first kappa shape index (κ1) is 12.6. The maximum atomic E-state index is 4.61. The van der Waals surface area contributed by atoms with E-state index in [1.54, 1.807) is 22.7 Å². The third-order valence-corrected chi connectivity index (χ3v) is 4.92. The van der Waals surface area contributed by atoms with Crippen molar-refractivity contribution in [3.05, 3.63) is 59.6 Å². The van der Waals surface area contributed by atoms with Gasteiger partial charge in [-0.1, -0.05) is 47.7 Å². The lowest BCUT2D eigenvalue weighted by atomic mass is 10.2. The van der Waals surface area contributed by atoms with E-state index in [1.165, 1.54) is 10.4 Å². The molecule has 21 heavy (non-hydrogen) atoms. The maximum Gasteiger partial charge on any atom is 0.214 e. The van der Waals surface area contributed by atoms with Crippen molar-refractivity contribution in [1.29, 1.82) is 0 Å². The van der Waals surface area contributed by atoms with Gasteiger partial charge in [0, 0.05) is 6.54 Å². The first-order chi connectivity index (χ1) is 10.4. The highest BCUT2D eigenvalue weighted by Crippen LogP contribution is 2.28. The van der Waals surface area contributed by atoms with Crippen LogP contribution in [0.5, 0.6) is 0 Å². The van der Waals surface area contributed by atoms with Gasteiger partial charge in [-0.3, -0.25) is 0 Å². The Balaban J connectivity index is 1.60. The second-order valence-electron chi connectivity index (χ2n) is 4.56. The molecule has 0 saturated carbocycles. The monoisotopic (exact) mass is 312 g/mol. The summed E-state index contributed by atoms with van der Waals surface area (Å²) in [6.07, 6.45) is 1.88. The minimum Gasteiger partial charge on any atom is -0.356 e. The van der Waals surface area contributed by atoms with Gasteiger partial charge in [0.2, 0.25) is 10.1 Å². The first-order valence-electron chi connectivity index (χ1n) is 6.56. The zero-order chi connectivity index (χ0) is 14.1. The summed E-state index contributed by atoms with van der Waals surface area (Å²) in [4.78, 5) is 6.53. The van der Waals surface area contributed by atoms with Crippen molar-refractivity contribution in [3.8, 4) is 10.6 Å². The van der Waals surface area contributed by atoms with Gasteiger partial charge in [0.1, 0.15) is 5.69 Å². The van der Waals surface area contributed by atoms with Crippen molar-refractivity contribution in [3.63, 3.8) is 0 Å². The molecule has 4 rings (SSSR count). The minimum absolute atomic E-state index is 0.770. The Morgan fingerprint density at radius 2 is 2.00 bits per heavy atom. The summed E-state index contributed by atoms with van der Waals surface area (Å²) in [5.41, 5.74) is 2.29. The topological polar surface area (TPSA) is 42.2 Å². The largest absolute Gasteiger partial charge is 0.356 e. The van der Waals surface area contributed by atoms with Crippen LogP contribution < -0.4 is 5.32 Å². The van der Waals surface area contributed by atoms with Gasteiger partial charge in [-0.15, -0.1) is 16.4 Å². The van der Waals surface area contributed by atoms with Crippen LogP contribution in [0, 0.1) is 0 Å². The summed E-state index contributed by atoms with van der Waals surface area (Å²) < 4.78 is 1.91. The molecule has 0 radical (unpaired) electrons. The number of fused-ring (bicyclic) bond motifs is 1. The van der Waals surface area contributed by atoms with Crippen molar-refractivity contribution < 1.29 is 0 Å². The highest BCUT2D eigenvalue weighted by atomic mass is 32.1. The van der Waals surface area contributed by atoms with Crippen LogP contribution in [-0.4, -0.2) is 14.6 Å². The second-order valence-corrected chi connectivity index (χ2v) is 6.47. The van der Waals surface area contributed by atoms with Gasteiger partial charge in [-0.05, 0) is 17.0 Å². The van der Waals surface area contributed by atoms with Gasteiger partial charge in [0.15, 0.2) is 0 Å². The van der Waals surface area contributed by atoms with E-state index in [-0.39, 0.29) is 0 Å². The van der Waals surface area contributed by atoms with E-state index in [4.69, 9.17) is 0 Å². The Kier molecular flexibility index (Phi) is 3.17. The molecule has 0 spiro atoms. The molecule has 6 heteroatoms. The van der Waals surface area contributed by atoms with Gasteiger partial charge >= 0.3 is 0 Å². The molecule has 1 aromatic carbocycles. The van der Waals surface area contributed by atoms with Crippen LogP contribution >= 0.6 is 22.7 Å². The highest BCUT2D eigenvalue weighted by molar-refractivity contribution is 7.20. The van der Waals surface area contributed by atoms with Gasteiger partial charge in [0.25, 0.3) is 0 Å². The van der Waals surface area contributed by atoms with Crippen molar-refractivity contribution >= 4 is 32.8 Å². The average molecular weight is 312 g/mol. The van der Waals surface area contributed by atoms with E-state index in [2.05, 4.69) is 39.0 Å². The maximum absolute atomic E-state index is 4.61. The van der Waals surface area contributed by atoms with Crippen molar-refractivity contribution in [2.45, 2.75) is 6.54 Å². The Hall–Kier alpha value is -2.18. The lowest BCUT2D eigenvalue weighted by Crippen LogP contribution is -1.99. The average Bonchev–Trinajstić information content (AvgIpc) is 3.22. The fraction of sp³-hybridized carbons (Fsp3) is 0.0667. The van der Waals surface area contributed by atoms with E-state index in [9.17, 15) is 0 Å². The van der Waals surface area contributed by atoms with Gasteiger partial charge in [0.05, 0.1) is 11.1 Å². The Bertz CT molecular complexity index is 846. The molecule has 0 aliphatic heterocycles. The molecular weight excluding hydrogens is 300 g/mol. The molecule has 0 bridgehead atoms. The third-order valence-electron chi connectivity index (χ3n) is 3.15. The number of rotatable bonds is 4. The van der Waals surface area contributed by atoms with Crippen molar-refractivity contribution in [2.24, 2.45) is 0 Å². The van der Waals surface area contributed by atoms with Crippen LogP contribution in [0.15, 0.2) is 54.0 Å². The number of hydrogen-bond donors (Lipinski definition) is 1. The zero-order valence-corrected chi connectivity index (χ0v) is 12.7. The lowest BCUT2D eigenvalue weighted by molar-refractivity contribution is 0.970.